The number of aryl methyl sites for hydroxylation is 2. The van der Waals surface area contributed by atoms with Crippen LogP contribution >= 0.6 is 0 Å². The van der Waals surface area contributed by atoms with Crippen LogP contribution in [0, 0.1) is 13.8 Å². The lowest BCUT2D eigenvalue weighted by Crippen LogP contribution is -2.22. The van der Waals surface area contributed by atoms with Gasteiger partial charge in [-0.15, -0.1) is 0 Å². The summed E-state index contributed by atoms with van der Waals surface area (Å²) in [6.45, 7) is 5.98. The van der Waals surface area contributed by atoms with Crippen molar-refractivity contribution in [2.45, 2.75) is 26.8 Å². The van der Waals surface area contributed by atoms with Crippen molar-refractivity contribution in [1.82, 2.24) is 10.5 Å². The summed E-state index contributed by atoms with van der Waals surface area (Å²) in [6, 6.07) is 6.26. The first kappa shape index (κ1) is 11.3. The molecule has 0 saturated heterocycles. The summed E-state index contributed by atoms with van der Waals surface area (Å²) in [5.41, 5.74) is 4.72. The highest BCUT2D eigenvalue weighted by Gasteiger charge is 2.19. The van der Waals surface area contributed by atoms with Gasteiger partial charge in [-0.1, -0.05) is 23.4 Å². The first-order valence-corrected chi connectivity index (χ1v) is 6.27. The Kier molecular flexibility index (Phi) is 2.80. The zero-order chi connectivity index (χ0) is 12.5. The summed E-state index contributed by atoms with van der Waals surface area (Å²) in [6.07, 6.45) is 0.913. The van der Waals surface area contributed by atoms with Crippen LogP contribution in [-0.2, 0) is 13.0 Å². The van der Waals surface area contributed by atoms with Gasteiger partial charge in [-0.2, -0.15) is 0 Å². The molecule has 0 saturated carbocycles. The van der Waals surface area contributed by atoms with Crippen LogP contribution in [0.3, 0.4) is 0 Å². The Morgan fingerprint density at radius 1 is 1.28 bits per heavy atom. The van der Waals surface area contributed by atoms with E-state index in [0.717, 1.165) is 42.3 Å². The Morgan fingerprint density at radius 3 is 2.83 bits per heavy atom. The van der Waals surface area contributed by atoms with E-state index in [1.54, 1.807) is 0 Å². The molecule has 1 aromatic carbocycles. The van der Waals surface area contributed by atoms with Crippen LogP contribution in [0.2, 0.25) is 0 Å². The second-order valence-electron chi connectivity index (χ2n) is 4.75. The maximum Gasteiger partial charge on any atom is 0.178 e. The van der Waals surface area contributed by atoms with Crippen molar-refractivity contribution in [3.8, 4) is 0 Å². The molecule has 1 aliphatic rings. The largest absolute Gasteiger partial charge is 0.359 e. The van der Waals surface area contributed by atoms with Crippen molar-refractivity contribution in [1.29, 1.82) is 0 Å². The molecular formula is C14H17N3O. The fourth-order valence-electron chi connectivity index (χ4n) is 2.37. The molecule has 18 heavy (non-hydrogen) atoms. The van der Waals surface area contributed by atoms with Gasteiger partial charge in [-0.05, 0) is 25.0 Å². The minimum absolute atomic E-state index is 0.825. The number of hydrogen-bond donors (Lipinski definition) is 2. The maximum absolute atomic E-state index is 5.39. The van der Waals surface area contributed by atoms with E-state index in [9.17, 15) is 0 Å². The molecule has 1 aliphatic heterocycles. The number of nitrogens with one attached hydrogen (secondary N) is 2. The normalized spacial score (nSPS) is 14.3. The standard InChI is InChI=1S/C14H17N3O/c1-9-4-3-5-10(2)13(9)16-14-11-8-15-7-6-12(11)18-17-14/h3-5,15H,6-8H2,1-2H3,(H,16,17). The average molecular weight is 243 g/mol. The second kappa shape index (κ2) is 4.46. The van der Waals surface area contributed by atoms with Crippen LogP contribution < -0.4 is 10.6 Å². The first-order chi connectivity index (χ1) is 8.75. The van der Waals surface area contributed by atoms with Crippen LogP contribution in [0.1, 0.15) is 22.5 Å². The Morgan fingerprint density at radius 2 is 2.06 bits per heavy atom. The van der Waals surface area contributed by atoms with Gasteiger partial charge in [0.25, 0.3) is 0 Å². The van der Waals surface area contributed by atoms with Crippen LogP contribution in [0.15, 0.2) is 22.7 Å². The average Bonchev–Trinajstić information content (AvgIpc) is 2.77. The molecule has 0 fully saturated rings. The van der Waals surface area contributed by atoms with Gasteiger partial charge in [0, 0.05) is 25.2 Å². The lowest BCUT2D eigenvalue weighted by molar-refractivity contribution is 0.374. The third-order valence-electron chi connectivity index (χ3n) is 3.42. The fourth-order valence-corrected chi connectivity index (χ4v) is 2.37. The summed E-state index contributed by atoms with van der Waals surface area (Å²) in [5, 5.41) is 10.9. The summed E-state index contributed by atoms with van der Waals surface area (Å²) in [4.78, 5) is 0. The van der Waals surface area contributed by atoms with Crippen molar-refractivity contribution >= 4 is 11.5 Å². The quantitative estimate of drug-likeness (QED) is 0.851. The molecule has 1 aromatic heterocycles. The molecule has 0 atom stereocenters. The Hall–Kier alpha value is -1.81. The van der Waals surface area contributed by atoms with Gasteiger partial charge < -0.3 is 15.2 Å². The molecule has 94 valence electrons. The summed E-state index contributed by atoms with van der Waals surface area (Å²) in [7, 11) is 0. The molecule has 2 N–H and O–H groups in total. The van der Waals surface area contributed by atoms with Gasteiger partial charge in [-0.3, -0.25) is 0 Å². The molecule has 4 heteroatoms. The molecule has 0 unspecified atom stereocenters. The first-order valence-electron chi connectivity index (χ1n) is 6.27. The van der Waals surface area contributed by atoms with Crippen molar-refractivity contribution < 1.29 is 4.52 Å². The molecule has 2 heterocycles. The van der Waals surface area contributed by atoms with Gasteiger partial charge in [0.05, 0.1) is 5.56 Å². The summed E-state index contributed by atoms with van der Waals surface area (Å²) in [5.74, 6) is 1.84. The number of benzene rings is 1. The Bertz CT molecular complexity index is 554. The molecule has 2 aromatic rings. The Balaban J connectivity index is 1.95. The summed E-state index contributed by atoms with van der Waals surface area (Å²) < 4.78 is 5.39. The van der Waals surface area contributed by atoms with E-state index in [-0.39, 0.29) is 0 Å². The monoisotopic (exact) mass is 243 g/mol. The van der Waals surface area contributed by atoms with Gasteiger partial charge in [0.1, 0.15) is 5.76 Å². The molecule has 3 rings (SSSR count). The topological polar surface area (TPSA) is 50.1 Å². The van der Waals surface area contributed by atoms with Crippen LogP contribution in [-0.4, -0.2) is 11.7 Å². The molecule has 0 bridgehead atoms. The molecule has 0 spiro atoms. The number of nitrogens with zero attached hydrogens (tertiary/aromatic N) is 1. The van der Waals surface area contributed by atoms with Gasteiger partial charge in [0.15, 0.2) is 5.82 Å². The zero-order valence-electron chi connectivity index (χ0n) is 10.7. The van der Waals surface area contributed by atoms with E-state index >= 15 is 0 Å². The fraction of sp³-hybridized carbons (Fsp3) is 0.357. The van der Waals surface area contributed by atoms with Gasteiger partial charge in [0.2, 0.25) is 0 Å². The van der Waals surface area contributed by atoms with Crippen molar-refractivity contribution in [2.24, 2.45) is 0 Å². The number of rotatable bonds is 2. The highest BCUT2D eigenvalue weighted by atomic mass is 16.5. The molecule has 0 radical (unpaired) electrons. The lowest BCUT2D eigenvalue weighted by atomic mass is 10.1. The minimum Gasteiger partial charge on any atom is -0.359 e. The van der Waals surface area contributed by atoms with Crippen molar-refractivity contribution in [2.75, 3.05) is 11.9 Å². The molecule has 0 amide bonds. The highest BCUT2D eigenvalue weighted by molar-refractivity contribution is 5.66. The van der Waals surface area contributed by atoms with E-state index in [1.165, 1.54) is 11.1 Å². The predicted molar refractivity (Wildman–Crippen MR) is 71.1 cm³/mol. The van der Waals surface area contributed by atoms with E-state index in [2.05, 4.69) is 47.8 Å². The predicted octanol–water partition coefficient (Wildman–Crippen LogP) is 2.68. The second-order valence-corrected chi connectivity index (χ2v) is 4.75. The van der Waals surface area contributed by atoms with Crippen LogP contribution in [0.4, 0.5) is 11.5 Å². The number of fused-ring (bicyclic) bond motifs is 1. The zero-order valence-corrected chi connectivity index (χ0v) is 10.7. The smallest absolute Gasteiger partial charge is 0.178 e. The number of anilines is 2. The van der Waals surface area contributed by atoms with Crippen LogP contribution in [0.5, 0.6) is 0 Å². The van der Waals surface area contributed by atoms with E-state index < -0.39 is 0 Å². The van der Waals surface area contributed by atoms with Gasteiger partial charge in [-0.25, -0.2) is 0 Å². The van der Waals surface area contributed by atoms with E-state index in [0.29, 0.717) is 0 Å². The number of aromatic nitrogens is 1. The SMILES string of the molecule is Cc1cccc(C)c1Nc1noc2c1CNCC2. The number of hydrogen-bond acceptors (Lipinski definition) is 4. The Labute approximate surface area is 106 Å². The molecule has 4 nitrogen and oxygen atoms in total. The minimum atomic E-state index is 0.825. The highest BCUT2D eigenvalue weighted by Crippen LogP contribution is 2.28. The molecular weight excluding hydrogens is 226 g/mol. The summed E-state index contributed by atoms with van der Waals surface area (Å²) >= 11 is 0. The van der Waals surface area contributed by atoms with Crippen molar-refractivity contribution in [3.05, 3.63) is 40.6 Å². The van der Waals surface area contributed by atoms with E-state index in [4.69, 9.17) is 4.52 Å². The third kappa shape index (κ3) is 1.88. The molecule has 0 aliphatic carbocycles. The van der Waals surface area contributed by atoms with E-state index in [1.807, 2.05) is 0 Å². The van der Waals surface area contributed by atoms with Crippen LogP contribution in [0.25, 0.3) is 0 Å². The van der Waals surface area contributed by atoms with Gasteiger partial charge >= 0.3 is 0 Å². The lowest BCUT2D eigenvalue weighted by Gasteiger charge is -2.14. The third-order valence-corrected chi connectivity index (χ3v) is 3.42. The van der Waals surface area contributed by atoms with Crippen molar-refractivity contribution in [3.63, 3.8) is 0 Å². The number of para-hydroxylation sites is 1. The maximum atomic E-state index is 5.39.